The minimum Gasteiger partial charge on any atom is -0.368 e. The first kappa shape index (κ1) is 12.0. The maximum atomic E-state index is 13.0. The fourth-order valence-corrected chi connectivity index (χ4v) is 1.41. The van der Waals surface area contributed by atoms with Crippen LogP contribution in [0.3, 0.4) is 0 Å². The molecule has 1 aromatic carbocycles. The molecule has 0 saturated carbocycles. The highest BCUT2D eigenvalue weighted by Crippen LogP contribution is 2.17. The molecular weight excluding hydrogens is 226 g/mol. The smallest absolute Gasteiger partial charge is 0.161 e. The monoisotopic (exact) mass is 240 g/mol. The molecule has 0 saturated heterocycles. The van der Waals surface area contributed by atoms with Crippen molar-refractivity contribution in [2.75, 3.05) is 0 Å². The van der Waals surface area contributed by atoms with Crippen LogP contribution in [0.4, 0.5) is 8.78 Å². The quantitative estimate of drug-likeness (QED) is 0.875. The van der Waals surface area contributed by atoms with Gasteiger partial charge in [0, 0.05) is 12.1 Å². The Hall–Kier alpha value is -1.49. The van der Waals surface area contributed by atoms with Crippen molar-refractivity contribution in [2.24, 2.45) is 0 Å². The number of hydrogen-bond acceptors (Lipinski definition) is 2. The number of benzene rings is 1. The highest BCUT2D eigenvalue weighted by Gasteiger charge is 2.13. The van der Waals surface area contributed by atoms with Crippen LogP contribution in [0.1, 0.15) is 26.6 Å². The Morgan fingerprint density at radius 3 is 2.53 bits per heavy atom. The molecular formula is C12H14F2N2O. The number of nitrogens with zero attached hydrogens (tertiary/aromatic N) is 1. The summed E-state index contributed by atoms with van der Waals surface area (Å²) in [5.74, 6) is -1.23. The van der Waals surface area contributed by atoms with Gasteiger partial charge in [-0.15, -0.1) is 0 Å². The first-order valence-corrected chi connectivity index (χ1v) is 5.33. The van der Waals surface area contributed by atoms with Crippen LogP contribution in [0.2, 0.25) is 0 Å². The van der Waals surface area contributed by atoms with Gasteiger partial charge in [0.05, 0.1) is 16.6 Å². The van der Waals surface area contributed by atoms with Crippen molar-refractivity contribution in [1.82, 2.24) is 9.97 Å². The summed E-state index contributed by atoms with van der Waals surface area (Å²) >= 11 is 0. The van der Waals surface area contributed by atoms with Gasteiger partial charge in [0.1, 0.15) is 12.4 Å². The van der Waals surface area contributed by atoms with Gasteiger partial charge in [-0.3, -0.25) is 0 Å². The molecule has 0 fully saturated rings. The van der Waals surface area contributed by atoms with Gasteiger partial charge in [0.15, 0.2) is 11.6 Å². The summed E-state index contributed by atoms with van der Waals surface area (Å²) in [6, 6.07) is 2.17. The van der Waals surface area contributed by atoms with Gasteiger partial charge < -0.3 is 9.72 Å². The standard InChI is InChI=1S/C12H14F2N2O/c1-12(2,3)17-6-11-15-9-4-7(13)8(14)5-10(9)16-11/h4-5H,6H2,1-3H3,(H,15,16). The van der Waals surface area contributed by atoms with Crippen LogP contribution in [-0.4, -0.2) is 15.6 Å². The van der Waals surface area contributed by atoms with Crippen molar-refractivity contribution in [1.29, 1.82) is 0 Å². The number of aromatic nitrogens is 2. The third-order valence-electron chi connectivity index (χ3n) is 2.21. The van der Waals surface area contributed by atoms with E-state index in [1.165, 1.54) is 0 Å². The third-order valence-corrected chi connectivity index (χ3v) is 2.21. The summed E-state index contributed by atoms with van der Waals surface area (Å²) < 4.78 is 31.5. The molecule has 1 N–H and O–H groups in total. The number of rotatable bonds is 2. The second-order valence-corrected chi connectivity index (χ2v) is 4.87. The second kappa shape index (κ2) is 4.07. The Morgan fingerprint density at radius 2 is 1.88 bits per heavy atom. The van der Waals surface area contributed by atoms with Crippen LogP contribution in [0.15, 0.2) is 12.1 Å². The van der Waals surface area contributed by atoms with Gasteiger partial charge >= 0.3 is 0 Å². The zero-order chi connectivity index (χ0) is 12.6. The van der Waals surface area contributed by atoms with Crippen molar-refractivity contribution >= 4 is 11.0 Å². The molecule has 2 aromatic rings. The van der Waals surface area contributed by atoms with Crippen LogP contribution in [0.5, 0.6) is 0 Å². The molecule has 17 heavy (non-hydrogen) atoms. The SMILES string of the molecule is CC(C)(C)OCc1nc2cc(F)c(F)cc2[nH]1. The molecule has 5 heteroatoms. The van der Waals surface area contributed by atoms with Crippen molar-refractivity contribution < 1.29 is 13.5 Å². The molecule has 0 spiro atoms. The number of ether oxygens (including phenoxy) is 1. The Bertz CT molecular complexity index is 504. The molecule has 1 heterocycles. The number of H-pyrrole nitrogens is 1. The summed E-state index contributed by atoms with van der Waals surface area (Å²) in [6.07, 6.45) is 0. The minimum absolute atomic E-state index is 0.279. The van der Waals surface area contributed by atoms with Crippen LogP contribution in [-0.2, 0) is 11.3 Å². The van der Waals surface area contributed by atoms with E-state index >= 15 is 0 Å². The molecule has 0 amide bonds. The molecule has 0 aliphatic rings. The van der Waals surface area contributed by atoms with E-state index in [-0.39, 0.29) is 12.2 Å². The number of nitrogens with one attached hydrogen (secondary N) is 1. The third kappa shape index (κ3) is 2.79. The van der Waals surface area contributed by atoms with Gasteiger partial charge in [-0.1, -0.05) is 0 Å². The highest BCUT2D eigenvalue weighted by atomic mass is 19.2. The van der Waals surface area contributed by atoms with E-state index in [0.29, 0.717) is 16.9 Å². The van der Waals surface area contributed by atoms with Crippen LogP contribution in [0.25, 0.3) is 11.0 Å². The molecule has 92 valence electrons. The first-order chi connectivity index (χ1) is 7.85. The lowest BCUT2D eigenvalue weighted by Crippen LogP contribution is -2.19. The average Bonchev–Trinajstić information content (AvgIpc) is 2.57. The van der Waals surface area contributed by atoms with E-state index in [1.54, 1.807) is 0 Å². The highest BCUT2D eigenvalue weighted by molar-refractivity contribution is 5.75. The lowest BCUT2D eigenvalue weighted by molar-refractivity contribution is -0.0177. The van der Waals surface area contributed by atoms with Crippen molar-refractivity contribution in [2.45, 2.75) is 33.0 Å². The molecule has 0 aliphatic carbocycles. The van der Waals surface area contributed by atoms with Crippen LogP contribution >= 0.6 is 0 Å². The normalized spacial score (nSPS) is 12.3. The first-order valence-electron chi connectivity index (χ1n) is 5.33. The fraction of sp³-hybridized carbons (Fsp3) is 0.417. The average molecular weight is 240 g/mol. The largest absolute Gasteiger partial charge is 0.368 e. The Kier molecular flexibility index (Phi) is 2.87. The van der Waals surface area contributed by atoms with Crippen LogP contribution in [0, 0.1) is 11.6 Å². The summed E-state index contributed by atoms with van der Waals surface area (Å²) in [5, 5.41) is 0. The van der Waals surface area contributed by atoms with Crippen molar-refractivity contribution in [3.8, 4) is 0 Å². The van der Waals surface area contributed by atoms with Gasteiger partial charge in [0.2, 0.25) is 0 Å². The number of imidazole rings is 1. The summed E-state index contributed by atoms with van der Waals surface area (Å²) in [7, 11) is 0. The van der Waals surface area contributed by atoms with Crippen LogP contribution < -0.4 is 0 Å². The van der Waals surface area contributed by atoms with Crippen molar-refractivity contribution in [3.05, 3.63) is 29.6 Å². The summed E-state index contributed by atoms with van der Waals surface area (Å²) in [4.78, 5) is 7.02. The lowest BCUT2D eigenvalue weighted by atomic mass is 10.2. The minimum atomic E-state index is -0.896. The zero-order valence-corrected chi connectivity index (χ0v) is 9.97. The van der Waals surface area contributed by atoms with E-state index in [9.17, 15) is 8.78 Å². The van der Waals surface area contributed by atoms with Crippen molar-refractivity contribution in [3.63, 3.8) is 0 Å². The topological polar surface area (TPSA) is 37.9 Å². The second-order valence-electron chi connectivity index (χ2n) is 4.87. The fourth-order valence-electron chi connectivity index (χ4n) is 1.41. The molecule has 0 atom stereocenters. The Labute approximate surface area is 97.8 Å². The molecule has 0 radical (unpaired) electrons. The van der Waals surface area contributed by atoms with E-state index in [2.05, 4.69) is 9.97 Å². The van der Waals surface area contributed by atoms with Gasteiger partial charge in [-0.05, 0) is 20.8 Å². The maximum Gasteiger partial charge on any atom is 0.161 e. The molecule has 3 nitrogen and oxygen atoms in total. The lowest BCUT2D eigenvalue weighted by Gasteiger charge is -2.18. The van der Waals surface area contributed by atoms with Gasteiger partial charge in [-0.25, -0.2) is 13.8 Å². The predicted molar refractivity (Wildman–Crippen MR) is 60.6 cm³/mol. The van der Waals surface area contributed by atoms with E-state index in [1.807, 2.05) is 20.8 Å². The number of hydrogen-bond donors (Lipinski definition) is 1. The predicted octanol–water partition coefficient (Wildman–Crippen LogP) is 3.16. The van der Waals surface area contributed by atoms with Gasteiger partial charge in [-0.2, -0.15) is 0 Å². The molecule has 2 rings (SSSR count). The maximum absolute atomic E-state index is 13.0. The Morgan fingerprint density at radius 1 is 1.24 bits per heavy atom. The molecule has 1 aromatic heterocycles. The molecule has 0 aliphatic heterocycles. The summed E-state index contributed by atoms with van der Waals surface area (Å²) in [6.45, 7) is 6.06. The summed E-state index contributed by atoms with van der Waals surface area (Å²) in [5.41, 5.74) is 0.586. The van der Waals surface area contributed by atoms with E-state index < -0.39 is 11.6 Å². The molecule has 0 unspecified atom stereocenters. The van der Waals surface area contributed by atoms with Gasteiger partial charge in [0.25, 0.3) is 0 Å². The van der Waals surface area contributed by atoms with E-state index in [0.717, 1.165) is 12.1 Å². The number of halogens is 2. The zero-order valence-electron chi connectivity index (χ0n) is 9.97. The molecule has 0 bridgehead atoms. The Balaban J connectivity index is 2.26. The van der Waals surface area contributed by atoms with E-state index in [4.69, 9.17) is 4.74 Å². The number of aromatic amines is 1. The number of fused-ring (bicyclic) bond motifs is 1.